The summed E-state index contributed by atoms with van der Waals surface area (Å²) in [6, 6.07) is 12.5. The van der Waals surface area contributed by atoms with Gasteiger partial charge < -0.3 is 24.3 Å². The number of nitrogens with one attached hydrogen (secondary N) is 3. The van der Waals surface area contributed by atoms with Crippen LogP contribution in [0.15, 0.2) is 53.6 Å². The van der Waals surface area contributed by atoms with Gasteiger partial charge >= 0.3 is 0 Å². The van der Waals surface area contributed by atoms with E-state index in [1.807, 2.05) is 12.1 Å². The van der Waals surface area contributed by atoms with Crippen molar-refractivity contribution in [3.63, 3.8) is 0 Å². The largest absolute Gasteiger partial charge is 0.496 e. The number of imide groups is 1. The fourth-order valence-corrected chi connectivity index (χ4v) is 7.27. The van der Waals surface area contributed by atoms with Gasteiger partial charge in [0, 0.05) is 61.6 Å². The molecule has 0 unspecified atom stereocenters. The van der Waals surface area contributed by atoms with Gasteiger partial charge in [-0.1, -0.05) is 24.3 Å². The number of rotatable bonds is 13. The summed E-state index contributed by atoms with van der Waals surface area (Å²) < 4.78 is 13.1. The first-order valence-electron chi connectivity index (χ1n) is 17.4. The highest BCUT2D eigenvalue weighted by molar-refractivity contribution is 5.98. The predicted molar refractivity (Wildman–Crippen MR) is 190 cm³/mol. The Morgan fingerprint density at radius 2 is 1.74 bits per heavy atom. The normalized spacial score (nSPS) is 17.1. The molecule has 0 bridgehead atoms. The van der Waals surface area contributed by atoms with Crippen molar-refractivity contribution < 1.29 is 23.9 Å². The van der Waals surface area contributed by atoms with E-state index in [9.17, 15) is 19.2 Å². The highest BCUT2D eigenvalue weighted by Gasteiger charge is 2.27. The van der Waals surface area contributed by atoms with Crippen molar-refractivity contribution in [3.05, 3.63) is 75.8 Å². The molecule has 2 aromatic heterocycles. The molecule has 6 rings (SSSR count). The fourth-order valence-electron chi connectivity index (χ4n) is 7.27. The smallest absolute Gasteiger partial charge is 0.276 e. The van der Waals surface area contributed by atoms with Crippen LogP contribution in [0.3, 0.4) is 0 Å². The average Bonchev–Trinajstić information content (AvgIpc) is 3.62. The first-order chi connectivity index (χ1) is 24.2. The van der Waals surface area contributed by atoms with Gasteiger partial charge in [0.1, 0.15) is 17.0 Å². The van der Waals surface area contributed by atoms with Crippen LogP contribution in [0, 0.1) is 5.92 Å². The lowest BCUT2D eigenvalue weighted by Crippen LogP contribution is -2.41. The van der Waals surface area contributed by atoms with Gasteiger partial charge in [0.25, 0.3) is 5.56 Å². The quantitative estimate of drug-likeness (QED) is 0.180. The van der Waals surface area contributed by atoms with E-state index in [2.05, 4.69) is 50.0 Å². The van der Waals surface area contributed by atoms with E-state index in [0.717, 1.165) is 60.1 Å². The Morgan fingerprint density at radius 3 is 2.42 bits per heavy atom. The van der Waals surface area contributed by atoms with Crippen LogP contribution >= 0.6 is 0 Å². The number of benzene rings is 2. The Kier molecular flexibility index (Phi) is 11.0. The maximum Gasteiger partial charge on any atom is 0.276 e. The van der Waals surface area contributed by atoms with Gasteiger partial charge in [0.05, 0.1) is 20.4 Å². The number of hydrogen-bond acceptors (Lipinski definition) is 8. The molecule has 2 aliphatic rings. The number of ether oxygens (including phenoxy) is 2. The first kappa shape index (κ1) is 34.9. The van der Waals surface area contributed by atoms with Crippen LogP contribution < -0.4 is 25.7 Å². The van der Waals surface area contributed by atoms with Crippen molar-refractivity contribution in [1.82, 2.24) is 30.3 Å². The minimum atomic E-state index is -0.175. The van der Waals surface area contributed by atoms with Crippen LogP contribution in [0.25, 0.3) is 22.0 Å². The summed E-state index contributed by atoms with van der Waals surface area (Å²) >= 11 is 0. The second-order valence-electron chi connectivity index (χ2n) is 13.4. The Morgan fingerprint density at radius 1 is 1.02 bits per heavy atom. The molecule has 1 atom stereocenters. The molecule has 2 aliphatic heterocycles. The Balaban J connectivity index is 0.939. The number of piperidine rings is 2. The number of nitrogens with zero attached hydrogens (tertiary/aromatic N) is 3. The maximum atomic E-state index is 12.7. The molecule has 2 aromatic carbocycles. The molecule has 0 spiro atoms. The minimum Gasteiger partial charge on any atom is -0.496 e. The maximum absolute atomic E-state index is 12.7. The van der Waals surface area contributed by atoms with E-state index in [-0.39, 0.29) is 29.2 Å². The first-order valence-corrected chi connectivity index (χ1v) is 17.4. The molecule has 0 aliphatic carbocycles. The molecule has 12 heteroatoms. The number of aromatic nitrogens is 3. The Bertz CT molecular complexity index is 1880. The van der Waals surface area contributed by atoms with Gasteiger partial charge in [0.15, 0.2) is 0 Å². The second kappa shape index (κ2) is 15.7. The van der Waals surface area contributed by atoms with Crippen LogP contribution in [0.5, 0.6) is 11.5 Å². The highest BCUT2D eigenvalue weighted by Crippen LogP contribution is 2.38. The van der Waals surface area contributed by atoms with Crippen molar-refractivity contribution in [2.24, 2.45) is 13.0 Å². The van der Waals surface area contributed by atoms with E-state index in [1.54, 1.807) is 33.7 Å². The van der Waals surface area contributed by atoms with E-state index in [1.165, 1.54) is 10.1 Å². The van der Waals surface area contributed by atoms with Crippen molar-refractivity contribution in [2.45, 2.75) is 57.3 Å². The summed E-state index contributed by atoms with van der Waals surface area (Å²) in [7, 11) is 4.95. The minimum absolute atomic E-state index is 0.0272. The second-order valence-corrected chi connectivity index (χ2v) is 13.4. The molecule has 50 heavy (non-hydrogen) atoms. The number of aryl methyl sites for hydroxylation is 1. The van der Waals surface area contributed by atoms with Crippen LogP contribution in [0.1, 0.15) is 61.1 Å². The zero-order valence-electron chi connectivity index (χ0n) is 29.0. The number of hydrogen-bond donors (Lipinski definition) is 3. The number of methoxy groups -OCH3 is 2. The van der Waals surface area contributed by atoms with E-state index >= 15 is 0 Å². The molecular weight excluding hydrogens is 636 g/mol. The lowest BCUT2D eigenvalue weighted by atomic mass is 9.87. The Labute approximate surface area is 291 Å². The molecule has 3 amide bonds. The number of H-pyrrole nitrogens is 1. The van der Waals surface area contributed by atoms with Crippen LogP contribution in [0.4, 0.5) is 0 Å². The summed E-state index contributed by atoms with van der Waals surface area (Å²) in [6.45, 7) is 3.41. The molecular formula is C38H46N6O6. The molecule has 0 radical (unpaired) electrons. The summed E-state index contributed by atoms with van der Waals surface area (Å²) in [4.78, 5) is 51.2. The highest BCUT2D eigenvalue weighted by atomic mass is 16.5. The third kappa shape index (κ3) is 7.91. The number of fused-ring (bicyclic) bond motifs is 1. The third-order valence-electron chi connectivity index (χ3n) is 10.2. The van der Waals surface area contributed by atoms with Crippen LogP contribution in [-0.4, -0.2) is 77.8 Å². The van der Waals surface area contributed by atoms with Crippen LogP contribution in [0.2, 0.25) is 0 Å². The van der Waals surface area contributed by atoms with Crippen molar-refractivity contribution in [2.75, 3.05) is 40.4 Å². The predicted octanol–water partition coefficient (Wildman–Crippen LogP) is 3.86. The third-order valence-corrected chi connectivity index (χ3v) is 10.2. The monoisotopic (exact) mass is 682 g/mol. The fraction of sp³-hybridized carbons (Fsp3) is 0.447. The molecule has 4 heterocycles. The van der Waals surface area contributed by atoms with Crippen molar-refractivity contribution >= 4 is 28.6 Å². The van der Waals surface area contributed by atoms with Gasteiger partial charge in [-0.3, -0.25) is 29.6 Å². The van der Waals surface area contributed by atoms with Crippen molar-refractivity contribution in [3.8, 4) is 22.6 Å². The SMILES string of the molecule is COc1cc(-c2cn(C)c(=O)c3[nH]ncc23)cc(OC)c1CCCC(=O)NCCN1CCC(c2ccc(C[C@@H]3CCC(=O)NC3=O)cc2)CC1. The lowest BCUT2D eigenvalue weighted by Gasteiger charge is -2.32. The summed E-state index contributed by atoms with van der Waals surface area (Å²) in [5.74, 6) is 1.39. The van der Waals surface area contributed by atoms with Gasteiger partial charge in [-0.05, 0) is 86.4 Å². The van der Waals surface area contributed by atoms with Crippen LogP contribution in [-0.2, 0) is 34.3 Å². The zero-order chi connectivity index (χ0) is 35.2. The average molecular weight is 683 g/mol. The number of pyridine rings is 1. The lowest BCUT2D eigenvalue weighted by molar-refractivity contribution is -0.136. The molecule has 264 valence electrons. The number of aromatic amines is 1. The van der Waals surface area contributed by atoms with Gasteiger partial charge in [-0.2, -0.15) is 5.10 Å². The van der Waals surface area contributed by atoms with E-state index in [4.69, 9.17) is 9.47 Å². The number of carbonyl (C=O) groups excluding carboxylic acids is 3. The number of likely N-dealkylation sites (tertiary alicyclic amines) is 1. The summed E-state index contributed by atoms with van der Waals surface area (Å²) in [5, 5.41) is 13.1. The summed E-state index contributed by atoms with van der Waals surface area (Å²) in [5.41, 5.74) is 5.31. The number of amides is 3. The van der Waals surface area contributed by atoms with Gasteiger partial charge in [-0.25, -0.2) is 0 Å². The molecule has 2 saturated heterocycles. The van der Waals surface area contributed by atoms with Gasteiger partial charge in [0.2, 0.25) is 17.7 Å². The van der Waals surface area contributed by atoms with Gasteiger partial charge in [-0.15, -0.1) is 0 Å². The Hall–Kier alpha value is -4.97. The number of carbonyl (C=O) groups is 3. The molecule has 2 fully saturated rings. The standard InChI is InChI=1S/C38H46N6O6/c1-43-23-31(30-22-40-42-36(30)38(43)48)28-20-32(49-2)29(33(21-28)50-3)5-4-6-34(45)39-15-18-44-16-13-26(14-17-44)25-9-7-24(8-10-25)19-27-11-12-35(46)41-37(27)47/h7-10,20-23,26-27H,4-6,11-19H2,1-3H3,(H,39,45)(H,40,42)(H,41,46,47)/t27-/m0/s1. The van der Waals surface area contributed by atoms with Crippen molar-refractivity contribution in [1.29, 1.82) is 0 Å². The molecule has 4 aromatic rings. The summed E-state index contributed by atoms with van der Waals surface area (Å²) in [6.07, 6.45) is 8.90. The van der Waals surface area contributed by atoms with E-state index < -0.39 is 0 Å². The molecule has 3 N–H and O–H groups in total. The zero-order valence-corrected chi connectivity index (χ0v) is 29.0. The van der Waals surface area contributed by atoms with E-state index in [0.29, 0.717) is 68.0 Å². The molecule has 0 saturated carbocycles. The molecule has 12 nitrogen and oxygen atoms in total. The topological polar surface area (TPSA) is 148 Å².